The van der Waals surface area contributed by atoms with Gasteiger partial charge in [-0.25, -0.2) is 0 Å². The van der Waals surface area contributed by atoms with Gasteiger partial charge in [0.1, 0.15) is 6.54 Å². The second kappa shape index (κ2) is 10.8. The quantitative estimate of drug-likeness (QED) is 0.171. The molecule has 0 N–H and O–H groups in total. The number of hydrogen-bond acceptors (Lipinski definition) is 0. The summed E-state index contributed by atoms with van der Waals surface area (Å²) in [6.07, 6.45) is 1.09. The molecule has 3 aromatic carbocycles. The Kier molecular flexibility index (Phi) is 7.82. The van der Waals surface area contributed by atoms with E-state index in [1.807, 2.05) is 0 Å². The maximum Gasteiger partial charge on any atom is 0.673 e. The molecule has 0 aliphatic heterocycles. The average molecular weight is 437 g/mol. The summed E-state index contributed by atoms with van der Waals surface area (Å²) in [6, 6.07) is 36.7. The van der Waals surface area contributed by atoms with Gasteiger partial charge < -0.3 is 17.3 Å². The van der Waals surface area contributed by atoms with Gasteiger partial charge in [0.15, 0.2) is 0 Å². The smallest absolute Gasteiger partial charge is 0.418 e. The first kappa shape index (κ1) is 23.3. The number of pyridine rings is 1. The fourth-order valence-corrected chi connectivity index (χ4v) is 3.58. The number of halogens is 4. The lowest BCUT2D eigenvalue weighted by Crippen LogP contribution is -2.38. The van der Waals surface area contributed by atoms with Gasteiger partial charge in [-0.2, -0.15) is 4.57 Å². The highest BCUT2D eigenvalue weighted by molar-refractivity contribution is 6.50. The zero-order chi connectivity index (χ0) is 23.0. The second-order valence-electron chi connectivity index (χ2n) is 7.26. The third-order valence-corrected chi connectivity index (χ3v) is 4.86. The third kappa shape index (κ3) is 6.54. The normalized spacial score (nSPS) is 10.9. The molecule has 0 spiro atoms. The summed E-state index contributed by atoms with van der Waals surface area (Å²) in [6.45, 7) is 3.23. The molecule has 0 saturated carbocycles. The summed E-state index contributed by atoms with van der Waals surface area (Å²) in [4.78, 5) is 0. The fourth-order valence-electron chi connectivity index (χ4n) is 3.58. The van der Waals surface area contributed by atoms with Crippen molar-refractivity contribution in [3.05, 3.63) is 103 Å². The Bertz CT molecular complexity index is 1050. The van der Waals surface area contributed by atoms with Gasteiger partial charge in [0.25, 0.3) is 0 Å². The van der Waals surface area contributed by atoms with E-state index in [4.69, 9.17) is 0 Å². The van der Waals surface area contributed by atoms with Crippen molar-refractivity contribution in [3.63, 3.8) is 0 Å². The van der Waals surface area contributed by atoms with Crippen LogP contribution in [-0.2, 0) is 6.54 Å². The van der Waals surface area contributed by atoms with E-state index in [9.17, 15) is 17.3 Å². The zero-order valence-corrected chi connectivity index (χ0v) is 17.8. The van der Waals surface area contributed by atoms with Gasteiger partial charge in [-0.3, -0.25) is 0 Å². The molecular weight excluding hydrogens is 413 g/mol. The van der Waals surface area contributed by atoms with Crippen molar-refractivity contribution < 1.29 is 21.8 Å². The van der Waals surface area contributed by atoms with E-state index in [1.165, 1.54) is 33.6 Å². The van der Waals surface area contributed by atoms with Crippen LogP contribution in [0.1, 0.15) is 13.3 Å². The van der Waals surface area contributed by atoms with Crippen LogP contribution in [0.4, 0.5) is 17.3 Å². The van der Waals surface area contributed by atoms with Crippen molar-refractivity contribution in [3.8, 4) is 33.6 Å². The van der Waals surface area contributed by atoms with Gasteiger partial charge in [0.05, 0.1) is 0 Å². The monoisotopic (exact) mass is 437 g/mol. The fraction of sp³-hybridized carbons (Fsp3) is 0.115. The molecule has 0 saturated heterocycles. The Morgan fingerprint density at radius 2 is 0.906 bits per heavy atom. The maximum atomic E-state index is 9.75. The van der Waals surface area contributed by atoms with Crippen molar-refractivity contribution in [2.24, 2.45) is 0 Å². The molecule has 6 heteroatoms. The summed E-state index contributed by atoms with van der Waals surface area (Å²) < 4.78 is 41.5. The predicted octanol–water partition coefficient (Wildman–Crippen LogP) is 7.69. The SMILES string of the molecule is CCC[n+]1c(-c2ccccc2)cc(-c2ccccc2)cc1-c1ccccc1.F[B-](F)(F)F. The van der Waals surface area contributed by atoms with Crippen LogP contribution in [0.5, 0.6) is 0 Å². The highest BCUT2D eigenvalue weighted by Gasteiger charge is 2.22. The number of hydrogen-bond donors (Lipinski definition) is 0. The minimum atomic E-state index is -6.00. The summed E-state index contributed by atoms with van der Waals surface area (Å²) in [5.41, 5.74) is 7.52. The van der Waals surface area contributed by atoms with Gasteiger partial charge in [-0.15, -0.1) is 0 Å². The number of rotatable bonds is 5. The summed E-state index contributed by atoms with van der Waals surface area (Å²) in [7, 11) is -6.00. The Labute approximate surface area is 186 Å². The van der Waals surface area contributed by atoms with Crippen molar-refractivity contribution in [1.29, 1.82) is 0 Å². The minimum Gasteiger partial charge on any atom is -0.418 e. The predicted molar refractivity (Wildman–Crippen MR) is 123 cm³/mol. The maximum absolute atomic E-state index is 9.75. The van der Waals surface area contributed by atoms with Gasteiger partial charge in [-0.05, 0) is 35.4 Å². The standard InChI is InChI=1S/C26H24N.BF4/c1-2-18-27-25(22-14-8-4-9-15-22)19-24(21-12-6-3-7-13-21)20-26(27)23-16-10-5-11-17-23;2-1(3,4)5/h3-17,19-20H,2,18H2,1H3;/q+1;-1. The van der Waals surface area contributed by atoms with E-state index in [1.54, 1.807) is 0 Å². The first-order chi connectivity index (χ1) is 15.4. The van der Waals surface area contributed by atoms with E-state index >= 15 is 0 Å². The van der Waals surface area contributed by atoms with Crippen LogP contribution >= 0.6 is 0 Å². The lowest BCUT2D eigenvalue weighted by molar-refractivity contribution is -0.675. The van der Waals surface area contributed by atoms with Gasteiger partial charge >= 0.3 is 7.25 Å². The molecule has 0 unspecified atom stereocenters. The van der Waals surface area contributed by atoms with Crippen molar-refractivity contribution in [2.45, 2.75) is 19.9 Å². The molecule has 0 aliphatic carbocycles. The zero-order valence-electron chi connectivity index (χ0n) is 17.8. The van der Waals surface area contributed by atoms with Crippen LogP contribution in [0.2, 0.25) is 0 Å². The lowest BCUT2D eigenvalue weighted by atomic mass is 9.99. The van der Waals surface area contributed by atoms with E-state index in [0.717, 1.165) is 13.0 Å². The Morgan fingerprint density at radius 1 is 0.562 bits per heavy atom. The number of nitrogens with zero attached hydrogens (tertiary/aromatic N) is 1. The third-order valence-electron chi connectivity index (χ3n) is 4.86. The van der Waals surface area contributed by atoms with Crippen LogP contribution in [0.3, 0.4) is 0 Å². The Balaban J connectivity index is 0.000000523. The van der Waals surface area contributed by atoms with E-state index in [-0.39, 0.29) is 0 Å². The molecule has 0 atom stereocenters. The molecule has 0 amide bonds. The largest absolute Gasteiger partial charge is 0.673 e. The summed E-state index contributed by atoms with van der Waals surface area (Å²) in [5, 5.41) is 0. The molecule has 32 heavy (non-hydrogen) atoms. The molecule has 1 nitrogen and oxygen atoms in total. The lowest BCUT2D eigenvalue weighted by Gasteiger charge is -2.12. The van der Waals surface area contributed by atoms with Crippen molar-refractivity contribution in [1.82, 2.24) is 0 Å². The average Bonchev–Trinajstić information content (AvgIpc) is 2.80. The van der Waals surface area contributed by atoms with E-state index in [0.29, 0.717) is 0 Å². The molecule has 164 valence electrons. The van der Waals surface area contributed by atoms with Crippen LogP contribution in [0.25, 0.3) is 33.6 Å². The molecule has 0 fully saturated rings. The van der Waals surface area contributed by atoms with Gasteiger partial charge in [-0.1, -0.05) is 73.7 Å². The van der Waals surface area contributed by atoms with Crippen molar-refractivity contribution >= 4 is 7.25 Å². The van der Waals surface area contributed by atoms with E-state index < -0.39 is 7.25 Å². The molecular formula is C26H24BF4N. The molecule has 0 radical (unpaired) electrons. The van der Waals surface area contributed by atoms with Crippen LogP contribution < -0.4 is 4.57 Å². The Morgan fingerprint density at radius 3 is 1.25 bits per heavy atom. The van der Waals surface area contributed by atoms with Crippen LogP contribution in [-0.4, -0.2) is 7.25 Å². The first-order valence-corrected chi connectivity index (χ1v) is 10.5. The molecule has 1 aromatic heterocycles. The topological polar surface area (TPSA) is 3.88 Å². The molecule has 0 aliphatic rings. The Hall–Kier alpha value is -3.41. The van der Waals surface area contributed by atoms with E-state index in [2.05, 4.69) is 115 Å². The van der Waals surface area contributed by atoms with Gasteiger partial charge in [0.2, 0.25) is 11.4 Å². The van der Waals surface area contributed by atoms with Gasteiger partial charge in [0, 0.05) is 29.7 Å². The highest BCUT2D eigenvalue weighted by atomic mass is 19.5. The summed E-state index contributed by atoms with van der Waals surface area (Å²) >= 11 is 0. The highest BCUT2D eigenvalue weighted by Crippen LogP contribution is 2.29. The molecule has 0 bridgehead atoms. The minimum absolute atomic E-state index is 0.990. The second-order valence-corrected chi connectivity index (χ2v) is 7.26. The molecule has 4 rings (SSSR count). The molecule has 4 aromatic rings. The first-order valence-electron chi connectivity index (χ1n) is 10.5. The summed E-state index contributed by atoms with van der Waals surface area (Å²) in [5.74, 6) is 0. The number of aromatic nitrogens is 1. The number of benzene rings is 3. The van der Waals surface area contributed by atoms with Crippen LogP contribution in [0.15, 0.2) is 103 Å². The molecule has 1 heterocycles. The van der Waals surface area contributed by atoms with Crippen LogP contribution in [0, 0.1) is 0 Å². The van der Waals surface area contributed by atoms with Crippen molar-refractivity contribution in [2.75, 3.05) is 0 Å².